The van der Waals surface area contributed by atoms with Gasteiger partial charge in [0.15, 0.2) is 11.6 Å². The van der Waals surface area contributed by atoms with Crippen LogP contribution in [-0.2, 0) is 4.74 Å². The van der Waals surface area contributed by atoms with E-state index in [9.17, 15) is 9.18 Å². The van der Waals surface area contributed by atoms with Crippen LogP contribution in [0.5, 0.6) is 5.75 Å². The van der Waals surface area contributed by atoms with E-state index in [-0.39, 0.29) is 23.1 Å². The Morgan fingerprint density at radius 3 is 2.55 bits per heavy atom. The van der Waals surface area contributed by atoms with Crippen LogP contribution < -0.4 is 10.5 Å². The summed E-state index contributed by atoms with van der Waals surface area (Å²) in [5, 5.41) is 0. The summed E-state index contributed by atoms with van der Waals surface area (Å²) in [4.78, 5) is 11.6. The van der Waals surface area contributed by atoms with Crippen molar-refractivity contribution in [2.45, 2.75) is 38.7 Å². The molecule has 0 aromatic heterocycles. The minimum absolute atomic E-state index is 0.00479. The van der Waals surface area contributed by atoms with Gasteiger partial charge in [0.2, 0.25) is 0 Å². The average Bonchev–Trinajstić information content (AvgIpc) is 2.43. The molecule has 0 amide bonds. The molecule has 5 heteroatoms. The lowest BCUT2D eigenvalue weighted by molar-refractivity contribution is 0.0600. The molecule has 0 aliphatic heterocycles. The third kappa shape index (κ3) is 3.21. The normalized spacial score (nSPS) is 22.4. The maximum atomic E-state index is 13.9. The number of benzene rings is 1. The van der Waals surface area contributed by atoms with Gasteiger partial charge in [-0.15, -0.1) is 0 Å². The van der Waals surface area contributed by atoms with Gasteiger partial charge in [-0.2, -0.15) is 0 Å². The topological polar surface area (TPSA) is 61.5 Å². The van der Waals surface area contributed by atoms with E-state index in [1.165, 1.54) is 13.2 Å². The summed E-state index contributed by atoms with van der Waals surface area (Å²) in [6.45, 7) is 2.20. The fraction of sp³-hybridized carbons (Fsp3) is 0.533. The lowest BCUT2D eigenvalue weighted by Crippen LogP contribution is -2.23. The molecule has 1 fully saturated rings. The molecule has 0 radical (unpaired) electrons. The number of methoxy groups -OCH3 is 1. The summed E-state index contributed by atoms with van der Waals surface area (Å²) < 4.78 is 24.2. The van der Waals surface area contributed by atoms with Gasteiger partial charge < -0.3 is 15.2 Å². The predicted molar refractivity (Wildman–Crippen MR) is 74.2 cm³/mol. The monoisotopic (exact) mass is 281 g/mol. The van der Waals surface area contributed by atoms with Crippen molar-refractivity contribution in [1.82, 2.24) is 0 Å². The number of anilines is 1. The minimum atomic E-state index is -0.593. The molecule has 0 heterocycles. The molecule has 4 nitrogen and oxygen atoms in total. The third-order valence-electron chi connectivity index (χ3n) is 3.77. The molecule has 1 saturated carbocycles. The fourth-order valence-corrected chi connectivity index (χ4v) is 2.47. The quantitative estimate of drug-likeness (QED) is 0.683. The molecular formula is C15H20FNO3. The first-order chi connectivity index (χ1) is 9.51. The lowest BCUT2D eigenvalue weighted by Gasteiger charge is -2.27. The number of carbonyl (C=O) groups is 1. The van der Waals surface area contributed by atoms with Gasteiger partial charge in [0.05, 0.1) is 18.8 Å². The molecule has 1 aromatic carbocycles. The summed E-state index contributed by atoms with van der Waals surface area (Å²) >= 11 is 0. The van der Waals surface area contributed by atoms with Crippen molar-refractivity contribution in [3.8, 4) is 5.75 Å². The Morgan fingerprint density at radius 1 is 1.30 bits per heavy atom. The van der Waals surface area contributed by atoms with Gasteiger partial charge in [-0.25, -0.2) is 9.18 Å². The van der Waals surface area contributed by atoms with Crippen LogP contribution >= 0.6 is 0 Å². The zero-order valence-corrected chi connectivity index (χ0v) is 11.8. The minimum Gasteiger partial charge on any atom is -0.487 e. The SMILES string of the molecule is COC(=O)c1cc(OC2CCC(C)CC2)c(F)cc1N. The van der Waals surface area contributed by atoms with Crippen LogP contribution in [0.2, 0.25) is 0 Å². The molecule has 0 saturated heterocycles. The third-order valence-corrected chi connectivity index (χ3v) is 3.77. The summed E-state index contributed by atoms with van der Waals surface area (Å²) in [5.41, 5.74) is 5.81. The summed E-state index contributed by atoms with van der Waals surface area (Å²) in [7, 11) is 1.26. The molecular weight excluding hydrogens is 261 g/mol. The highest BCUT2D eigenvalue weighted by atomic mass is 19.1. The zero-order chi connectivity index (χ0) is 14.7. The highest BCUT2D eigenvalue weighted by molar-refractivity contribution is 5.95. The fourth-order valence-electron chi connectivity index (χ4n) is 2.47. The Balaban J connectivity index is 2.16. The van der Waals surface area contributed by atoms with Gasteiger partial charge in [0.25, 0.3) is 0 Å². The number of rotatable bonds is 3. The first kappa shape index (κ1) is 14.6. The number of hydrogen-bond donors (Lipinski definition) is 1. The van der Waals surface area contributed by atoms with E-state index in [2.05, 4.69) is 11.7 Å². The molecule has 0 unspecified atom stereocenters. The van der Waals surface area contributed by atoms with Gasteiger partial charge in [0, 0.05) is 11.8 Å². The van der Waals surface area contributed by atoms with Crippen molar-refractivity contribution in [3.63, 3.8) is 0 Å². The number of nitrogens with two attached hydrogens (primary N) is 1. The Kier molecular flexibility index (Phi) is 4.47. The van der Waals surface area contributed by atoms with Gasteiger partial charge in [-0.1, -0.05) is 6.92 Å². The van der Waals surface area contributed by atoms with Crippen LogP contribution in [0, 0.1) is 11.7 Å². The van der Waals surface area contributed by atoms with E-state index in [1.54, 1.807) is 0 Å². The van der Waals surface area contributed by atoms with Crippen LogP contribution in [0.15, 0.2) is 12.1 Å². The standard InChI is InChI=1S/C15H20FNO3/c1-9-3-5-10(6-4-9)20-14-7-11(15(18)19-2)13(17)8-12(14)16/h7-10H,3-6,17H2,1-2H3. The molecule has 1 aliphatic rings. The second kappa shape index (κ2) is 6.11. The molecule has 2 N–H and O–H groups in total. The predicted octanol–water partition coefficient (Wildman–Crippen LogP) is 3.15. The maximum absolute atomic E-state index is 13.9. The van der Waals surface area contributed by atoms with Crippen LogP contribution in [0.25, 0.3) is 0 Å². The summed E-state index contributed by atoms with van der Waals surface area (Å²) in [6, 6.07) is 2.43. The number of ether oxygens (including phenoxy) is 2. The highest BCUT2D eigenvalue weighted by Crippen LogP contribution is 2.30. The Labute approximate surface area is 118 Å². The van der Waals surface area contributed by atoms with E-state index in [0.29, 0.717) is 5.92 Å². The van der Waals surface area contributed by atoms with Crippen LogP contribution in [0.1, 0.15) is 43.0 Å². The van der Waals surface area contributed by atoms with Crippen molar-refractivity contribution < 1.29 is 18.7 Å². The van der Waals surface area contributed by atoms with Crippen molar-refractivity contribution in [1.29, 1.82) is 0 Å². The Morgan fingerprint density at radius 2 is 1.95 bits per heavy atom. The van der Waals surface area contributed by atoms with E-state index in [0.717, 1.165) is 31.7 Å². The van der Waals surface area contributed by atoms with Gasteiger partial charge in [-0.3, -0.25) is 0 Å². The Hall–Kier alpha value is -1.78. The smallest absolute Gasteiger partial charge is 0.340 e. The zero-order valence-electron chi connectivity index (χ0n) is 11.8. The van der Waals surface area contributed by atoms with E-state index in [4.69, 9.17) is 10.5 Å². The van der Waals surface area contributed by atoms with Gasteiger partial charge in [-0.05, 0) is 37.7 Å². The van der Waals surface area contributed by atoms with Crippen LogP contribution in [0.4, 0.5) is 10.1 Å². The van der Waals surface area contributed by atoms with Crippen LogP contribution in [0.3, 0.4) is 0 Å². The number of esters is 1. The number of hydrogen-bond acceptors (Lipinski definition) is 4. The molecule has 0 spiro atoms. The molecule has 20 heavy (non-hydrogen) atoms. The summed E-state index contributed by atoms with van der Waals surface area (Å²) in [5.74, 6) is -0.380. The van der Waals surface area contributed by atoms with Crippen molar-refractivity contribution >= 4 is 11.7 Å². The number of nitrogen functional groups attached to an aromatic ring is 1. The van der Waals surface area contributed by atoms with Crippen LogP contribution in [-0.4, -0.2) is 19.2 Å². The maximum Gasteiger partial charge on any atom is 0.340 e. The van der Waals surface area contributed by atoms with E-state index < -0.39 is 11.8 Å². The molecule has 0 atom stereocenters. The second-order valence-corrected chi connectivity index (χ2v) is 5.36. The molecule has 1 aliphatic carbocycles. The van der Waals surface area contributed by atoms with Crippen molar-refractivity contribution in [2.75, 3.05) is 12.8 Å². The van der Waals surface area contributed by atoms with Crippen molar-refractivity contribution in [3.05, 3.63) is 23.5 Å². The molecule has 0 bridgehead atoms. The first-order valence-corrected chi connectivity index (χ1v) is 6.85. The summed E-state index contributed by atoms with van der Waals surface area (Å²) in [6.07, 6.45) is 3.95. The van der Waals surface area contributed by atoms with Gasteiger partial charge in [0.1, 0.15) is 0 Å². The number of carbonyl (C=O) groups excluding carboxylic acids is 1. The molecule has 1 aromatic rings. The molecule has 2 rings (SSSR count). The average molecular weight is 281 g/mol. The van der Waals surface area contributed by atoms with Gasteiger partial charge >= 0.3 is 5.97 Å². The number of halogens is 1. The first-order valence-electron chi connectivity index (χ1n) is 6.85. The van der Waals surface area contributed by atoms with Crippen molar-refractivity contribution in [2.24, 2.45) is 5.92 Å². The second-order valence-electron chi connectivity index (χ2n) is 5.36. The lowest BCUT2D eigenvalue weighted by atomic mass is 9.89. The Bertz CT molecular complexity index is 496. The van der Waals surface area contributed by atoms with E-state index in [1.807, 2.05) is 0 Å². The largest absolute Gasteiger partial charge is 0.487 e. The highest BCUT2D eigenvalue weighted by Gasteiger charge is 2.22. The molecule has 110 valence electrons. The van der Waals surface area contributed by atoms with E-state index >= 15 is 0 Å².